The van der Waals surface area contributed by atoms with E-state index in [4.69, 9.17) is 11.6 Å². The quantitative estimate of drug-likeness (QED) is 0.872. The highest BCUT2D eigenvalue weighted by atomic mass is 35.5. The van der Waals surface area contributed by atoms with Crippen LogP contribution in [0.1, 0.15) is 36.4 Å². The molecular formula is C17H13ClN4O. The van der Waals surface area contributed by atoms with E-state index in [1.54, 1.807) is 10.7 Å². The highest BCUT2D eigenvalue weighted by Crippen LogP contribution is 2.41. The number of allylic oxidation sites excluding steroid dienone is 2. The summed E-state index contributed by atoms with van der Waals surface area (Å²) < 4.78 is 1.71. The normalized spacial score (nSPS) is 19.7. The fourth-order valence-electron chi connectivity index (χ4n) is 3.32. The summed E-state index contributed by atoms with van der Waals surface area (Å²) >= 11 is 6.14. The summed E-state index contributed by atoms with van der Waals surface area (Å²) in [5.74, 6) is 0.773. The average molecular weight is 325 g/mol. The van der Waals surface area contributed by atoms with Crippen molar-refractivity contribution in [3.8, 4) is 6.07 Å². The van der Waals surface area contributed by atoms with Gasteiger partial charge in [0.15, 0.2) is 5.78 Å². The first-order valence-corrected chi connectivity index (χ1v) is 7.83. The maximum Gasteiger partial charge on any atom is 0.163 e. The Morgan fingerprint density at radius 3 is 3.04 bits per heavy atom. The number of hydrogen-bond acceptors (Lipinski definition) is 4. The van der Waals surface area contributed by atoms with E-state index < -0.39 is 0 Å². The molecule has 0 spiro atoms. The number of ketones is 1. The summed E-state index contributed by atoms with van der Waals surface area (Å²) in [7, 11) is 0. The van der Waals surface area contributed by atoms with E-state index in [1.807, 2.05) is 18.2 Å². The molecule has 2 aromatic rings. The van der Waals surface area contributed by atoms with Gasteiger partial charge in [-0.05, 0) is 30.5 Å². The molecule has 0 unspecified atom stereocenters. The number of Topliss-reactive ketones (excluding diaryl/α,β-unsaturated/α-hetero) is 1. The largest absolute Gasteiger partial charge is 0.342 e. The highest BCUT2D eigenvalue weighted by Gasteiger charge is 2.36. The lowest BCUT2D eigenvalue weighted by atomic mass is 9.85. The first kappa shape index (κ1) is 14.0. The summed E-state index contributed by atoms with van der Waals surface area (Å²) in [5, 5.41) is 17.5. The van der Waals surface area contributed by atoms with Crippen LogP contribution < -0.4 is 5.32 Å². The molecule has 1 aliphatic carbocycles. The van der Waals surface area contributed by atoms with Crippen LogP contribution in [0.2, 0.25) is 5.02 Å². The SMILES string of the molecule is N#Cc1cnn2c1NC1=C(C(=O)CCC1)[C@@H]2c1cccc(Cl)c1. The van der Waals surface area contributed by atoms with Crippen molar-refractivity contribution in [1.29, 1.82) is 5.26 Å². The summed E-state index contributed by atoms with van der Waals surface area (Å²) in [6, 6.07) is 9.26. The number of hydrogen-bond donors (Lipinski definition) is 1. The number of nitrogens with one attached hydrogen (secondary N) is 1. The van der Waals surface area contributed by atoms with Crippen molar-refractivity contribution in [2.45, 2.75) is 25.3 Å². The molecule has 4 rings (SSSR count). The van der Waals surface area contributed by atoms with Gasteiger partial charge in [0, 0.05) is 22.7 Å². The molecule has 0 fully saturated rings. The zero-order valence-corrected chi connectivity index (χ0v) is 13.0. The Labute approximate surface area is 138 Å². The molecular weight excluding hydrogens is 312 g/mol. The van der Waals surface area contributed by atoms with Crippen LogP contribution in [0.15, 0.2) is 41.7 Å². The molecule has 0 amide bonds. The lowest BCUT2D eigenvalue weighted by Crippen LogP contribution is -2.31. The van der Waals surface area contributed by atoms with Crippen LogP contribution in [-0.2, 0) is 4.79 Å². The Bertz CT molecular complexity index is 890. The van der Waals surface area contributed by atoms with Crippen molar-refractivity contribution in [1.82, 2.24) is 9.78 Å². The number of aromatic nitrogens is 2. The number of benzene rings is 1. The zero-order chi connectivity index (χ0) is 16.0. The molecule has 1 aromatic heterocycles. The van der Waals surface area contributed by atoms with E-state index in [-0.39, 0.29) is 11.8 Å². The fraction of sp³-hybridized carbons (Fsp3) is 0.235. The summed E-state index contributed by atoms with van der Waals surface area (Å²) in [6.45, 7) is 0. The number of nitrogens with zero attached hydrogens (tertiary/aromatic N) is 3. The lowest BCUT2D eigenvalue weighted by molar-refractivity contribution is -0.116. The third-order valence-corrected chi connectivity index (χ3v) is 4.56. The molecule has 0 saturated carbocycles. The van der Waals surface area contributed by atoms with E-state index in [0.29, 0.717) is 22.8 Å². The van der Waals surface area contributed by atoms with Crippen LogP contribution in [0.5, 0.6) is 0 Å². The number of rotatable bonds is 1. The summed E-state index contributed by atoms with van der Waals surface area (Å²) in [6.07, 6.45) is 3.69. The summed E-state index contributed by atoms with van der Waals surface area (Å²) in [4.78, 5) is 12.5. The molecule has 0 bridgehead atoms. The van der Waals surface area contributed by atoms with Crippen LogP contribution >= 0.6 is 11.6 Å². The molecule has 6 heteroatoms. The minimum Gasteiger partial charge on any atom is -0.342 e. The van der Waals surface area contributed by atoms with Gasteiger partial charge in [-0.2, -0.15) is 10.4 Å². The van der Waals surface area contributed by atoms with Gasteiger partial charge in [0.1, 0.15) is 23.5 Å². The molecule has 5 nitrogen and oxygen atoms in total. The zero-order valence-electron chi connectivity index (χ0n) is 12.2. The number of fused-ring (bicyclic) bond motifs is 1. The maximum atomic E-state index is 12.5. The average Bonchev–Trinajstić information content (AvgIpc) is 2.95. The van der Waals surface area contributed by atoms with Gasteiger partial charge in [-0.25, -0.2) is 4.68 Å². The van der Waals surface area contributed by atoms with Gasteiger partial charge in [0.25, 0.3) is 0 Å². The van der Waals surface area contributed by atoms with Gasteiger partial charge < -0.3 is 5.32 Å². The molecule has 2 heterocycles. The minimum atomic E-state index is -0.338. The number of carbonyl (C=O) groups excluding carboxylic acids is 1. The smallest absolute Gasteiger partial charge is 0.163 e. The molecule has 114 valence electrons. The molecule has 1 aromatic carbocycles. The van der Waals surface area contributed by atoms with Crippen molar-refractivity contribution >= 4 is 23.2 Å². The van der Waals surface area contributed by atoms with Crippen LogP contribution in [-0.4, -0.2) is 15.6 Å². The van der Waals surface area contributed by atoms with Crippen molar-refractivity contribution in [3.05, 3.63) is 57.9 Å². The molecule has 1 aliphatic heterocycles. The summed E-state index contributed by atoms with van der Waals surface area (Å²) in [5.41, 5.74) is 3.01. The topological polar surface area (TPSA) is 70.7 Å². The van der Waals surface area contributed by atoms with E-state index in [0.717, 1.165) is 29.7 Å². The Morgan fingerprint density at radius 2 is 2.26 bits per heavy atom. The van der Waals surface area contributed by atoms with Crippen LogP contribution in [0.4, 0.5) is 5.82 Å². The number of halogens is 1. The molecule has 1 atom stereocenters. The van der Waals surface area contributed by atoms with E-state index in [1.165, 1.54) is 6.20 Å². The number of nitriles is 1. The van der Waals surface area contributed by atoms with Gasteiger partial charge in [-0.1, -0.05) is 23.7 Å². The van der Waals surface area contributed by atoms with Crippen LogP contribution in [0, 0.1) is 11.3 Å². The van der Waals surface area contributed by atoms with Gasteiger partial charge in [-0.3, -0.25) is 4.79 Å². The van der Waals surface area contributed by atoms with E-state index in [2.05, 4.69) is 16.5 Å². The second kappa shape index (κ2) is 5.25. The molecule has 2 aliphatic rings. The minimum absolute atomic E-state index is 0.128. The first-order chi connectivity index (χ1) is 11.2. The molecule has 0 radical (unpaired) electrons. The Hall–Kier alpha value is -2.58. The lowest BCUT2D eigenvalue weighted by Gasteiger charge is -2.33. The number of anilines is 1. The van der Waals surface area contributed by atoms with Gasteiger partial charge in [0.05, 0.1) is 6.20 Å². The predicted molar refractivity (Wildman–Crippen MR) is 86.0 cm³/mol. The standard InChI is InChI=1S/C17H13ClN4O/c18-12-4-1-3-10(7-12)16-15-13(5-2-6-14(15)23)21-17-11(8-19)9-20-22(16)17/h1,3-4,7,9,16,21H,2,5-6H2/t16-/m0/s1. The predicted octanol–water partition coefficient (Wildman–Crippen LogP) is 3.43. The third kappa shape index (κ3) is 2.14. The second-order valence-electron chi connectivity index (χ2n) is 5.71. The van der Waals surface area contributed by atoms with Crippen molar-refractivity contribution < 1.29 is 4.79 Å². The Morgan fingerprint density at radius 1 is 1.39 bits per heavy atom. The number of carbonyl (C=O) groups is 1. The maximum absolute atomic E-state index is 12.5. The van der Waals surface area contributed by atoms with Gasteiger partial charge in [-0.15, -0.1) is 0 Å². The Kier molecular flexibility index (Phi) is 3.21. The van der Waals surface area contributed by atoms with Gasteiger partial charge in [0.2, 0.25) is 0 Å². The van der Waals surface area contributed by atoms with Crippen molar-refractivity contribution in [2.75, 3.05) is 5.32 Å². The second-order valence-corrected chi connectivity index (χ2v) is 6.15. The molecule has 1 N–H and O–H groups in total. The monoisotopic (exact) mass is 324 g/mol. The van der Waals surface area contributed by atoms with Crippen molar-refractivity contribution in [2.24, 2.45) is 0 Å². The first-order valence-electron chi connectivity index (χ1n) is 7.45. The third-order valence-electron chi connectivity index (χ3n) is 4.32. The van der Waals surface area contributed by atoms with E-state index >= 15 is 0 Å². The van der Waals surface area contributed by atoms with Crippen LogP contribution in [0.25, 0.3) is 0 Å². The van der Waals surface area contributed by atoms with E-state index in [9.17, 15) is 10.1 Å². The molecule has 0 saturated heterocycles. The fourth-order valence-corrected chi connectivity index (χ4v) is 3.52. The van der Waals surface area contributed by atoms with Crippen molar-refractivity contribution in [3.63, 3.8) is 0 Å². The highest BCUT2D eigenvalue weighted by molar-refractivity contribution is 6.30. The van der Waals surface area contributed by atoms with Crippen LogP contribution in [0.3, 0.4) is 0 Å². The Balaban J connectivity index is 1.96. The molecule has 23 heavy (non-hydrogen) atoms. The van der Waals surface area contributed by atoms with Gasteiger partial charge >= 0.3 is 0 Å².